The second-order valence-corrected chi connectivity index (χ2v) is 5.66. The minimum absolute atomic E-state index is 0.533. The molecule has 114 valence electrons. The molecule has 0 saturated carbocycles. The molecule has 3 heteroatoms. The van der Waals surface area contributed by atoms with Gasteiger partial charge in [0.05, 0.1) is 6.10 Å². The predicted octanol–water partition coefficient (Wildman–Crippen LogP) is 3.05. The third-order valence-electron chi connectivity index (χ3n) is 3.94. The zero-order valence-electron chi connectivity index (χ0n) is 13.1. The average Bonchev–Trinajstić information content (AvgIpc) is 2.44. The molecule has 1 N–H and O–H groups in total. The van der Waals surface area contributed by atoms with Crippen LogP contribution in [0, 0.1) is 0 Å². The molecule has 0 radical (unpaired) electrons. The summed E-state index contributed by atoms with van der Waals surface area (Å²) < 4.78 is 5.69. The lowest BCUT2D eigenvalue weighted by molar-refractivity contribution is 0.0140. The Kier molecular flexibility index (Phi) is 10.4. The summed E-state index contributed by atoms with van der Waals surface area (Å²) in [7, 11) is 0. The first-order chi connectivity index (χ1) is 9.36. The van der Waals surface area contributed by atoms with Crippen molar-refractivity contribution in [2.45, 2.75) is 64.9 Å². The van der Waals surface area contributed by atoms with E-state index in [9.17, 15) is 0 Å². The zero-order chi connectivity index (χ0) is 13.8. The van der Waals surface area contributed by atoms with E-state index in [1.807, 2.05) is 0 Å². The van der Waals surface area contributed by atoms with Gasteiger partial charge in [-0.2, -0.15) is 0 Å². The third-order valence-corrected chi connectivity index (χ3v) is 3.94. The smallest absolute Gasteiger partial charge is 0.0599 e. The van der Waals surface area contributed by atoms with Gasteiger partial charge in [-0.05, 0) is 58.7 Å². The van der Waals surface area contributed by atoms with E-state index >= 15 is 0 Å². The van der Waals surface area contributed by atoms with E-state index in [0.29, 0.717) is 6.10 Å². The van der Waals surface area contributed by atoms with E-state index < -0.39 is 0 Å². The summed E-state index contributed by atoms with van der Waals surface area (Å²) in [6.45, 7) is 11.3. The lowest BCUT2D eigenvalue weighted by Gasteiger charge is -2.31. The Morgan fingerprint density at radius 3 is 2.42 bits per heavy atom. The van der Waals surface area contributed by atoms with Gasteiger partial charge in [0.1, 0.15) is 0 Å². The van der Waals surface area contributed by atoms with Crippen LogP contribution in [0.3, 0.4) is 0 Å². The van der Waals surface area contributed by atoms with Crippen LogP contribution in [-0.2, 0) is 4.74 Å². The Morgan fingerprint density at radius 2 is 1.74 bits per heavy atom. The summed E-state index contributed by atoms with van der Waals surface area (Å²) in [6.07, 6.45) is 9.72. The number of unbranched alkanes of at least 4 members (excludes halogenated alkanes) is 3. The van der Waals surface area contributed by atoms with Crippen molar-refractivity contribution in [1.29, 1.82) is 0 Å². The molecule has 1 aliphatic rings. The Morgan fingerprint density at radius 1 is 1.00 bits per heavy atom. The molecular weight excluding hydrogens is 236 g/mol. The number of nitrogens with one attached hydrogen (secondary N) is 1. The van der Waals surface area contributed by atoms with Crippen molar-refractivity contribution in [3.63, 3.8) is 0 Å². The Bertz CT molecular complexity index is 191. The molecule has 1 saturated heterocycles. The average molecular weight is 270 g/mol. The van der Waals surface area contributed by atoms with Crippen molar-refractivity contribution < 1.29 is 4.74 Å². The third kappa shape index (κ3) is 8.61. The summed E-state index contributed by atoms with van der Waals surface area (Å²) in [4.78, 5) is 2.62. The maximum atomic E-state index is 5.69. The normalized spacial score (nSPS) is 18.0. The molecule has 0 unspecified atom stereocenters. The molecule has 1 fully saturated rings. The second-order valence-electron chi connectivity index (χ2n) is 5.66. The summed E-state index contributed by atoms with van der Waals surface area (Å²) in [6, 6.07) is 0. The molecule has 0 spiro atoms. The molecule has 0 amide bonds. The van der Waals surface area contributed by atoms with Crippen molar-refractivity contribution in [3.8, 4) is 0 Å². The standard InChI is InChI=1S/C16H34N2O/c1-3-11-17-12-7-5-6-8-13-18-14-9-16(10-15-18)19-4-2/h16-17H,3-15H2,1-2H3. The maximum absolute atomic E-state index is 5.69. The van der Waals surface area contributed by atoms with E-state index in [1.165, 1.54) is 77.7 Å². The molecule has 0 aromatic rings. The number of likely N-dealkylation sites (tertiary alicyclic amines) is 1. The van der Waals surface area contributed by atoms with Crippen LogP contribution in [0.25, 0.3) is 0 Å². The predicted molar refractivity (Wildman–Crippen MR) is 82.7 cm³/mol. The fourth-order valence-corrected chi connectivity index (χ4v) is 2.78. The van der Waals surface area contributed by atoms with Crippen molar-refractivity contribution in [2.75, 3.05) is 39.3 Å². The van der Waals surface area contributed by atoms with Gasteiger partial charge >= 0.3 is 0 Å². The lowest BCUT2D eigenvalue weighted by Crippen LogP contribution is -2.37. The van der Waals surface area contributed by atoms with Crippen molar-refractivity contribution in [2.24, 2.45) is 0 Å². The minimum Gasteiger partial charge on any atom is -0.378 e. The van der Waals surface area contributed by atoms with Gasteiger partial charge in [-0.15, -0.1) is 0 Å². The van der Waals surface area contributed by atoms with Crippen LogP contribution in [0.4, 0.5) is 0 Å². The van der Waals surface area contributed by atoms with Crippen LogP contribution in [0.5, 0.6) is 0 Å². The molecule has 1 heterocycles. The van der Waals surface area contributed by atoms with Gasteiger partial charge in [-0.3, -0.25) is 0 Å². The molecule has 0 aromatic carbocycles. The monoisotopic (exact) mass is 270 g/mol. The first-order valence-corrected chi connectivity index (χ1v) is 8.41. The largest absolute Gasteiger partial charge is 0.378 e. The molecular formula is C16H34N2O. The molecule has 1 rings (SSSR count). The highest BCUT2D eigenvalue weighted by Gasteiger charge is 2.18. The summed E-state index contributed by atoms with van der Waals surface area (Å²) in [5.41, 5.74) is 0. The highest BCUT2D eigenvalue weighted by molar-refractivity contribution is 4.72. The van der Waals surface area contributed by atoms with Crippen molar-refractivity contribution >= 4 is 0 Å². The number of piperidine rings is 1. The molecule has 0 bridgehead atoms. The fourth-order valence-electron chi connectivity index (χ4n) is 2.78. The second kappa shape index (κ2) is 11.7. The number of hydrogen-bond acceptors (Lipinski definition) is 3. The Labute approximate surface area is 120 Å². The molecule has 3 nitrogen and oxygen atoms in total. The first-order valence-electron chi connectivity index (χ1n) is 8.41. The summed E-state index contributed by atoms with van der Waals surface area (Å²) >= 11 is 0. The van der Waals surface area contributed by atoms with E-state index in [2.05, 4.69) is 24.1 Å². The van der Waals surface area contributed by atoms with Gasteiger partial charge in [0.25, 0.3) is 0 Å². The fraction of sp³-hybridized carbons (Fsp3) is 1.00. The van der Waals surface area contributed by atoms with Gasteiger partial charge in [0, 0.05) is 19.7 Å². The van der Waals surface area contributed by atoms with Gasteiger partial charge in [0.15, 0.2) is 0 Å². The number of nitrogens with zero attached hydrogens (tertiary/aromatic N) is 1. The topological polar surface area (TPSA) is 24.5 Å². The molecule has 19 heavy (non-hydrogen) atoms. The first kappa shape index (κ1) is 16.9. The Balaban J connectivity index is 1.85. The molecule has 1 aliphatic heterocycles. The van der Waals surface area contributed by atoms with Crippen LogP contribution in [-0.4, -0.2) is 50.3 Å². The number of hydrogen-bond donors (Lipinski definition) is 1. The number of rotatable bonds is 11. The van der Waals surface area contributed by atoms with E-state index in [1.54, 1.807) is 0 Å². The SMILES string of the molecule is CCCNCCCCCCN1CCC(OCC)CC1. The number of ether oxygens (including phenoxy) is 1. The van der Waals surface area contributed by atoms with Crippen LogP contribution >= 0.6 is 0 Å². The summed E-state index contributed by atoms with van der Waals surface area (Å²) in [5.74, 6) is 0. The van der Waals surface area contributed by atoms with Gasteiger partial charge in [-0.25, -0.2) is 0 Å². The molecule has 0 atom stereocenters. The molecule has 0 aliphatic carbocycles. The van der Waals surface area contributed by atoms with E-state index in [-0.39, 0.29) is 0 Å². The van der Waals surface area contributed by atoms with Crippen LogP contribution in [0.15, 0.2) is 0 Å². The molecule has 0 aromatic heterocycles. The van der Waals surface area contributed by atoms with Crippen molar-refractivity contribution in [1.82, 2.24) is 10.2 Å². The highest BCUT2D eigenvalue weighted by atomic mass is 16.5. The van der Waals surface area contributed by atoms with Gasteiger partial charge in [-0.1, -0.05) is 19.8 Å². The van der Waals surface area contributed by atoms with Crippen LogP contribution in [0.1, 0.15) is 58.8 Å². The lowest BCUT2D eigenvalue weighted by atomic mass is 10.1. The summed E-state index contributed by atoms with van der Waals surface area (Å²) in [5, 5.41) is 3.47. The minimum atomic E-state index is 0.533. The van der Waals surface area contributed by atoms with E-state index in [4.69, 9.17) is 4.74 Å². The van der Waals surface area contributed by atoms with Crippen molar-refractivity contribution in [3.05, 3.63) is 0 Å². The highest BCUT2D eigenvalue weighted by Crippen LogP contribution is 2.14. The maximum Gasteiger partial charge on any atom is 0.0599 e. The quantitative estimate of drug-likeness (QED) is 0.584. The van der Waals surface area contributed by atoms with Gasteiger partial charge in [0.2, 0.25) is 0 Å². The van der Waals surface area contributed by atoms with Crippen LogP contribution < -0.4 is 5.32 Å². The van der Waals surface area contributed by atoms with Crippen LogP contribution in [0.2, 0.25) is 0 Å². The van der Waals surface area contributed by atoms with E-state index in [0.717, 1.165) is 6.61 Å². The zero-order valence-corrected chi connectivity index (χ0v) is 13.1. The van der Waals surface area contributed by atoms with Gasteiger partial charge < -0.3 is 15.0 Å². The Hall–Kier alpha value is -0.120.